The van der Waals surface area contributed by atoms with Crippen molar-refractivity contribution < 1.29 is 23.9 Å². The maximum absolute atomic E-state index is 14.0. The van der Waals surface area contributed by atoms with Crippen molar-refractivity contribution >= 4 is 52.1 Å². The molecule has 4 heterocycles. The number of carbonyl (C=O) groups excluding carboxylic acids is 3. The maximum atomic E-state index is 14.0. The summed E-state index contributed by atoms with van der Waals surface area (Å²) in [6, 6.07) is 16.8. The standard InChI is InChI=1S/C37H36ClN3O5S/c1-3-46-36(44)33-30(38)28-13-12-26(25-6-4-5-7-27(25)32(28)47-33)31(42)23-8-10-24(11-9-23)40-35(43)29-18-22(2)19-39-34(29)41-20-37(21-41)14-16-45-17-15-37/h4-11,18-19,26H,3,12-17,20-21H2,1-2H3,(H,40,43). The van der Waals surface area contributed by atoms with Crippen LogP contribution in [0.2, 0.25) is 5.02 Å². The minimum absolute atomic E-state index is 0.00258. The molecule has 1 aliphatic carbocycles. The number of ketones is 1. The Morgan fingerprint density at radius 3 is 2.60 bits per heavy atom. The molecule has 10 heteroatoms. The van der Waals surface area contributed by atoms with Crippen molar-refractivity contribution in [2.75, 3.05) is 43.1 Å². The molecule has 2 aromatic heterocycles. The van der Waals surface area contributed by atoms with Gasteiger partial charge in [-0.1, -0.05) is 35.9 Å². The monoisotopic (exact) mass is 669 g/mol. The fourth-order valence-corrected chi connectivity index (χ4v) is 8.69. The number of esters is 1. The Labute approximate surface area is 283 Å². The van der Waals surface area contributed by atoms with Crippen LogP contribution in [0.3, 0.4) is 0 Å². The molecule has 242 valence electrons. The summed E-state index contributed by atoms with van der Waals surface area (Å²) in [6.45, 7) is 7.30. The summed E-state index contributed by atoms with van der Waals surface area (Å²) < 4.78 is 10.8. The molecule has 2 fully saturated rings. The lowest BCUT2D eigenvalue weighted by molar-refractivity contribution is -0.000512. The number of aryl methyl sites for hydroxylation is 1. The van der Waals surface area contributed by atoms with Gasteiger partial charge in [-0.3, -0.25) is 9.59 Å². The molecule has 1 N–H and O–H groups in total. The summed E-state index contributed by atoms with van der Waals surface area (Å²) in [6.07, 6.45) is 4.98. The predicted octanol–water partition coefficient (Wildman–Crippen LogP) is 7.73. The number of hydrogen-bond donors (Lipinski definition) is 1. The summed E-state index contributed by atoms with van der Waals surface area (Å²) in [5, 5.41) is 3.43. The van der Waals surface area contributed by atoms with Gasteiger partial charge in [0.1, 0.15) is 10.7 Å². The fraction of sp³-hybridized carbons (Fsp3) is 0.351. The van der Waals surface area contributed by atoms with E-state index >= 15 is 0 Å². The minimum Gasteiger partial charge on any atom is -0.462 e. The number of nitrogens with one attached hydrogen (secondary N) is 1. The second-order valence-corrected chi connectivity index (χ2v) is 14.1. The van der Waals surface area contributed by atoms with E-state index in [-0.39, 0.29) is 29.6 Å². The van der Waals surface area contributed by atoms with Crippen molar-refractivity contribution in [3.8, 4) is 10.4 Å². The lowest BCUT2D eigenvalue weighted by Gasteiger charge is -2.53. The van der Waals surface area contributed by atoms with Gasteiger partial charge in [0.15, 0.2) is 5.78 Å². The molecule has 1 atom stereocenters. The van der Waals surface area contributed by atoms with E-state index in [2.05, 4.69) is 15.2 Å². The highest BCUT2D eigenvalue weighted by Gasteiger charge is 2.45. The van der Waals surface area contributed by atoms with Crippen LogP contribution < -0.4 is 10.2 Å². The van der Waals surface area contributed by atoms with Crippen molar-refractivity contribution in [2.24, 2.45) is 5.41 Å². The average molecular weight is 670 g/mol. The number of carbonyl (C=O) groups is 3. The highest BCUT2D eigenvalue weighted by atomic mass is 35.5. The second-order valence-electron chi connectivity index (χ2n) is 12.7. The van der Waals surface area contributed by atoms with Crippen LogP contribution in [0.4, 0.5) is 11.5 Å². The van der Waals surface area contributed by atoms with E-state index in [0.29, 0.717) is 45.4 Å². The van der Waals surface area contributed by atoms with Gasteiger partial charge < -0.3 is 19.7 Å². The number of thiophene rings is 1. The first-order valence-electron chi connectivity index (χ1n) is 16.1. The number of hydrogen-bond acceptors (Lipinski definition) is 8. The molecule has 1 unspecified atom stereocenters. The SMILES string of the molecule is CCOC(=O)c1sc2c(c1Cl)CCC(C(=O)c1ccc(NC(=O)c3cc(C)cnc3N3CC4(CCOCC4)C3)cc1)c1ccccc1-2. The molecule has 0 saturated carbocycles. The number of ether oxygens (including phenoxy) is 2. The third-order valence-corrected chi connectivity index (χ3v) is 11.3. The van der Waals surface area contributed by atoms with Gasteiger partial charge >= 0.3 is 5.97 Å². The van der Waals surface area contributed by atoms with Crippen molar-refractivity contribution in [1.29, 1.82) is 0 Å². The van der Waals surface area contributed by atoms with E-state index in [1.54, 1.807) is 37.4 Å². The van der Waals surface area contributed by atoms with Gasteiger partial charge in [0.05, 0.1) is 17.2 Å². The number of amides is 1. The first-order valence-corrected chi connectivity index (χ1v) is 17.3. The molecular formula is C37H36ClN3O5S. The number of aromatic nitrogens is 1. The van der Waals surface area contributed by atoms with Crippen LogP contribution in [0.25, 0.3) is 10.4 Å². The molecule has 47 heavy (non-hydrogen) atoms. The predicted molar refractivity (Wildman–Crippen MR) is 184 cm³/mol. The third kappa shape index (κ3) is 5.96. The van der Waals surface area contributed by atoms with Crippen LogP contribution in [-0.2, 0) is 15.9 Å². The Hall–Kier alpha value is -4.05. The lowest BCUT2D eigenvalue weighted by Crippen LogP contribution is -2.59. The van der Waals surface area contributed by atoms with Crippen molar-refractivity contribution in [3.05, 3.63) is 98.5 Å². The second kappa shape index (κ2) is 12.9. The number of halogens is 1. The van der Waals surface area contributed by atoms with E-state index in [4.69, 9.17) is 21.1 Å². The van der Waals surface area contributed by atoms with Gasteiger partial charge in [0, 0.05) is 60.0 Å². The highest BCUT2D eigenvalue weighted by Crippen LogP contribution is 2.47. The number of rotatable bonds is 7. The number of Topliss-reactive ketones (excluding diaryl/α,β-unsaturated/α-hetero) is 1. The summed E-state index contributed by atoms with van der Waals surface area (Å²) in [5.41, 5.74) is 5.58. The van der Waals surface area contributed by atoms with Crippen LogP contribution in [0.5, 0.6) is 0 Å². The van der Waals surface area contributed by atoms with E-state index < -0.39 is 5.97 Å². The Kier molecular flexibility index (Phi) is 8.63. The Morgan fingerprint density at radius 1 is 1.11 bits per heavy atom. The summed E-state index contributed by atoms with van der Waals surface area (Å²) in [5.74, 6) is -0.341. The molecule has 0 radical (unpaired) electrons. The van der Waals surface area contributed by atoms with Crippen molar-refractivity contribution in [2.45, 2.75) is 45.4 Å². The van der Waals surface area contributed by atoms with E-state index in [0.717, 1.165) is 66.3 Å². The van der Waals surface area contributed by atoms with Gasteiger partial charge in [-0.25, -0.2) is 9.78 Å². The maximum Gasteiger partial charge on any atom is 0.349 e. The fourth-order valence-electron chi connectivity index (χ4n) is 7.07. The molecule has 2 aliphatic heterocycles. The Morgan fingerprint density at radius 2 is 1.85 bits per heavy atom. The summed E-state index contributed by atoms with van der Waals surface area (Å²) in [4.78, 5) is 48.3. The molecular weight excluding hydrogens is 634 g/mol. The van der Waals surface area contributed by atoms with Crippen LogP contribution >= 0.6 is 22.9 Å². The zero-order chi connectivity index (χ0) is 32.7. The molecule has 4 aromatic rings. The summed E-state index contributed by atoms with van der Waals surface area (Å²) in [7, 11) is 0. The highest BCUT2D eigenvalue weighted by molar-refractivity contribution is 7.18. The average Bonchev–Trinajstić information content (AvgIpc) is 3.30. The number of nitrogens with zero attached hydrogens (tertiary/aromatic N) is 2. The molecule has 1 spiro atoms. The quantitative estimate of drug-likeness (QED) is 0.159. The summed E-state index contributed by atoms with van der Waals surface area (Å²) >= 11 is 8.04. The van der Waals surface area contributed by atoms with Crippen LogP contribution in [-0.4, -0.2) is 55.6 Å². The van der Waals surface area contributed by atoms with Crippen LogP contribution in [0.15, 0.2) is 60.8 Å². The molecule has 2 aromatic carbocycles. The van der Waals surface area contributed by atoms with Gasteiger partial charge in [-0.15, -0.1) is 11.3 Å². The van der Waals surface area contributed by atoms with E-state index in [1.165, 1.54) is 11.3 Å². The lowest BCUT2D eigenvalue weighted by atomic mass is 9.73. The van der Waals surface area contributed by atoms with Crippen LogP contribution in [0, 0.1) is 12.3 Å². The third-order valence-electron chi connectivity index (χ3n) is 9.56. The van der Waals surface area contributed by atoms with Crippen molar-refractivity contribution in [3.63, 3.8) is 0 Å². The smallest absolute Gasteiger partial charge is 0.349 e. The normalized spacial score (nSPS) is 18.0. The number of fused-ring (bicyclic) bond motifs is 3. The Balaban J connectivity index is 1.08. The number of benzene rings is 2. The zero-order valence-electron chi connectivity index (χ0n) is 26.4. The molecule has 8 nitrogen and oxygen atoms in total. The topological polar surface area (TPSA) is 97.8 Å². The largest absolute Gasteiger partial charge is 0.462 e. The first kappa shape index (κ1) is 31.5. The van der Waals surface area contributed by atoms with Crippen LogP contribution in [0.1, 0.15) is 79.2 Å². The van der Waals surface area contributed by atoms with Gasteiger partial charge in [-0.05, 0) is 92.1 Å². The number of pyridine rings is 1. The van der Waals surface area contributed by atoms with Gasteiger partial charge in [0.2, 0.25) is 0 Å². The minimum atomic E-state index is -0.424. The molecule has 1 amide bonds. The Bertz CT molecular complexity index is 1860. The van der Waals surface area contributed by atoms with E-state index in [1.807, 2.05) is 37.3 Å². The number of anilines is 2. The van der Waals surface area contributed by atoms with Crippen molar-refractivity contribution in [1.82, 2.24) is 4.98 Å². The molecule has 2 saturated heterocycles. The van der Waals surface area contributed by atoms with Gasteiger partial charge in [-0.2, -0.15) is 0 Å². The molecule has 3 aliphatic rings. The van der Waals surface area contributed by atoms with Gasteiger partial charge in [0.25, 0.3) is 5.91 Å². The zero-order valence-corrected chi connectivity index (χ0v) is 28.0. The molecule has 7 rings (SSSR count). The first-order chi connectivity index (χ1) is 22.8. The molecule has 0 bridgehead atoms. The van der Waals surface area contributed by atoms with E-state index in [9.17, 15) is 14.4 Å².